The van der Waals surface area contributed by atoms with Gasteiger partial charge in [0.1, 0.15) is 11.8 Å². The molecule has 0 radical (unpaired) electrons. The lowest BCUT2D eigenvalue weighted by atomic mass is 10.1. The Balaban J connectivity index is 1.52. The first kappa shape index (κ1) is 21.3. The molecule has 1 saturated heterocycles. The first-order valence-electron chi connectivity index (χ1n) is 9.71. The van der Waals surface area contributed by atoms with Crippen LogP contribution in [0.3, 0.4) is 0 Å². The molecule has 3 N–H and O–H groups in total. The summed E-state index contributed by atoms with van der Waals surface area (Å²) in [6.45, 7) is -0.0809. The van der Waals surface area contributed by atoms with Gasteiger partial charge >= 0.3 is 6.03 Å². The van der Waals surface area contributed by atoms with Crippen molar-refractivity contribution < 1.29 is 24.2 Å². The summed E-state index contributed by atoms with van der Waals surface area (Å²) in [4.78, 5) is 38.2. The Morgan fingerprint density at radius 2 is 1.87 bits per heavy atom. The van der Waals surface area contributed by atoms with Crippen LogP contribution < -0.4 is 15.4 Å². The Bertz CT molecular complexity index is 885. The van der Waals surface area contributed by atoms with Gasteiger partial charge in [-0.05, 0) is 29.7 Å². The maximum absolute atomic E-state index is 12.6. The normalized spacial score (nSPS) is 16.9. The van der Waals surface area contributed by atoms with E-state index in [4.69, 9.17) is 4.74 Å². The topological polar surface area (TPSA) is 108 Å². The predicted octanol–water partition coefficient (Wildman–Crippen LogP) is 1.75. The molecule has 2 atom stereocenters. The molecule has 1 heterocycles. The molecule has 3 rings (SSSR count). The number of ether oxygens (including phenoxy) is 1. The molecule has 0 spiro atoms. The van der Waals surface area contributed by atoms with Gasteiger partial charge in [-0.1, -0.05) is 42.5 Å². The van der Waals surface area contributed by atoms with E-state index in [1.165, 1.54) is 0 Å². The van der Waals surface area contributed by atoms with E-state index in [1.807, 2.05) is 30.3 Å². The molecule has 8 nitrogen and oxygen atoms in total. The molecule has 0 aromatic heterocycles. The maximum atomic E-state index is 12.6. The van der Waals surface area contributed by atoms with Gasteiger partial charge in [-0.3, -0.25) is 14.5 Å². The van der Waals surface area contributed by atoms with Crippen LogP contribution in [0.2, 0.25) is 0 Å². The minimum absolute atomic E-state index is 0.0520. The standard InChI is InChI=1S/C22H25N3O5/c1-30-17-9-7-15(8-10-17)13-25-21(28)18(24-22(25)29)11-12-20(27)23-19(14-26)16-5-3-2-4-6-16/h2-10,18-19,26H,11-14H2,1H3,(H,23,27)(H,24,29)/t18-,19-/m0/s1. The van der Waals surface area contributed by atoms with Crippen LogP contribution in [0.25, 0.3) is 0 Å². The van der Waals surface area contributed by atoms with Crippen molar-refractivity contribution in [2.24, 2.45) is 0 Å². The summed E-state index contributed by atoms with van der Waals surface area (Å²) in [5.41, 5.74) is 1.59. The second kappa shape index (κ2) is 9.89. The fraction of sp³-hybridized carbons (Fsp3) is 0.318. The van der Waals surface area contributed by atoms with Crippen LogP contribution in [0.5, 0.6) is 5.75 Å². The largest absolute Gasteiger partial charge is 0.497 e. The van der Waals surface area contributed by atoms with Gasteiger partial charge in [0.25, 0.3) is 5.91 Å². The molecule has 1 aliphatic heterocycles. The van der Waals surface area contributed by atoms with Crippen molar-refractivity contribution in [3.05, 3.63) is 65.7 Å². The fourth-order valence-corrected chi connectivity index (χ4v) is 3.30. The van der Waals surface area contributed by atoms with Crippen molar-refractivity contribution in [3.8, 4) is 5.75 Å². The first-order chi connectivity index (χ1) is 14.5. The molecule has 0 aliphatic carbocycles. The Morgan fingerprint density at radius 1 is 1.17 bits per heavy atom. The summed E-state index contributed by atoms with van der Waals surface area (Å²) in [5, 5.41) is 14.9. The second-order valence-corrected chi connectivity index (χ2v) is 7.03. The maximum Gasteiger partial charge on any atom is 0.325 e. The van der Waals surface area contributed by atoms with E-state index in [1.54, 1.807) is 31.4 Å². The van der Waals surface area contributed by atoms with E-state index < -0.39 is 18.1 Å². The van der Waals surface area contributed by atoms with E-state index in [0.29, 0.717) is 5.75 Å². The predicted molar refractivity (Wildman–Crippen MR) is 110 cm³/mol. The number of carbonyl (C=O) groups excluding carboxylic acids is 3. The van der Waals surface area contributed by atoms with Crippen LogP contribution in [-0.2, 0) is 16.1 Å². The molecule has 4 amide bonds. The number of carbonyl (C=O) groups is 3. The van der Waals surface area contributed by atoms with E-state index in [-0.39, 0.29) is 37.8 Å². The smallest absolute Gasteiger partial charge is 0.325 e. The number of hydrogen-bond acceptors (Lipinski definition) is 5. The highest BCUT2D eigenvalue weighted by Gasteiger charge is 2.37. The number of amides is 4. The van der Waals surface area contributed by atoms with Crippen LogP contribution in [0.1, 0.15) is 30.0 Å². The Hall–Kier alpha value is -3.39. The van der Waals surface area contributed by atoms with Gasteiger partial charge in [0.05, 0.1) is 26.3 Å². The van der Waals surface area contributed by atoms with Crippen molar-refractivity contribution in [1.29, 1.82) is 0 Å². The van der Waals surface area contributed by atoms with Crippen molar-refractivity contribution in [3.63, 3.8) is 0 Å². The summed E-state index contributed by atoms with van der Waals surface area (Å²) >= 11 is 0. The molecule has 0 saturated carbocycles. The Morgan fingerprint density at radius 3 is 2.50 bits per heavy atom. The zero-order valence-electron chi connectivity index (χ0n) is 16.7. The molecule has 1 aliphatic rings. The zero-order valence-corrected chi connectivity index (χ0v) is 16.7. The molecule has 2 aromatic rings. The van der Waals surface area contributed by atoms with Gasteiger partial charge in [-0.15, -0.1) is 0 Å². The average molecular weight is 411 g/mol. The number of methoxy groups -OCH3 is 1. The Kier molecular flexibility index (Phi) is 7.03. The summed E-state index contributed by atoms with van der Waals surface area (Å²) in [7, 11) is 1.57. The highest BCUT2D eigenvalue weighted by atomic mass is 16.5. The van der Waals surface area contributed by atoms with E-state index in [9.17, 15) is 19.5 Å². The highest BCUT2D eigenvalue weighted by molar-refractivity contribution is 6.04. The lowest BCUT2D eigenvalue weighted by Crippen LogP contribution is -2.34. The lowest BCUT2D eigenvalue weighted by molar-refractivity contribution is -0.128. The minimum atomic E-state index is -0.745. The van der Waals surface area contributed by atoms with E-state index in [0.717, 1.165) is 16.0 Å². The average Bonchev–Trinajstić information content (AvgIpc) is 3.04. The van der Waals surface area contributed by atoms with Gasteiger partial charge in [-0.2, -0.15) is 0 Å². The van der Waals surface area contributed by atoms with Gasteiger partial charge in [0.2, 0.25) is 5.91 Å². The van der Waals surface area contributed by atoms with E-state index in [2.05, 4.69) is 10.6 Å². The zero-order chi connectivity index (χ0) is 21.5. The van der Waals surface area contributed by atoms with Crippen molar-refractivity contribution in [1.82, 2.24) is 15.5 Å². The molecular formula is C22H25N3O5. The minimum Gasteiger partial charge on any atom is -0.497 e. The van der Waals surface area contributed by atoms with E-state index >= 15 is 0 Å². The van der Waals surface area contributed by atoms with Crippen LogP contribution in [0, 0.1) is 0 Å². The number of rotatable bonds is 9. The SMILES string of the molecule is COc1ccc(CN2C(=O)N[C@@H](CCC(=O)N[C@@H](CO)c3ccccc3)C2=O)cc1. The third-order valence-corrected chi connectivity index (χ3v) is 4.99. The van der Waals surface area contributed by atoms with Crippen LogP contribution >= 0.6 is 0 Å². The monoisotopic (exact) mass is 411 g/mol. The van der Waals surface area contributed by atoms with Gasteiger partial charge in [-0.25, -0.2) is 4.79 Å². The summed E-state index contributed by atoms with van der Waals surface area (Å²) in [6.07, 6.45) is 0.235. The lowest BCUT2D eigenvalue weighted by Gasteiger charge is -2.17. The number of benzene rings is 2. The number of aliphatic hydroxyl groups excluding tert-OH is 1. The van der Waals surface area contributed by atoms with Gasteiger partial charge < -0.3 is 20.5 Å². The number of hydrogen-bond donors (Lipinski definition) is 3. The van der Waals surface area contributed by atoms with Crippen LogP contribution in [-0.4, -0.2) is 47.6 Å². The van der Waals surface area contributed by atoms with Crippen LogP contribution in [0.4, 0.5) is 4.79 Å². The number of urea groups is 1. The third kappa shape index (κ3) is 5.15. The molecule has 30 heavy (non-hydrogen) atoms. The molecule has 1 fully saturated rings. The van der Waals surface area contributed by atoms with Crippen LogP contribution in [0.15, 0.2) is 54.6 Å². The molecular weight excluding hydrogens is 386 g/mol. The number of imide groups is 1. The van der Waals surface area contributed by atoms with Crippen molar-refractivity contribution in [2.75, 3.05) is 13.7 Å². The van der Waals surface area contributed by atoms with Crippen molar-refractivity contribution in [2.45, 2.75) is 31.5 Å². The molecule has 0 bridgehead atoms. The number of nitrogens with one attached hydrogen (secondary N) is 2. The Labute approximate surface area is 174 Å². The third-order valence-electron chi connectivity index (χ3n) is 4.99. The molecule has 158 valence electrons. The summed E-state index contributed by atoms with van der Waals surface area (Å²) < 4.78 is 5.10. The molecule has 2 aromatic carbocycles. The summed E-state index contributed by atoms with van der Waals surface area (Å²) in [6, 6.07) is 14.5. The van der Waals surface area contributed by atoms with Gasteiger partial charge in [0.15, 0.2) is 0 Å². The second-order valence-electron chi connectivity index (χ2n) is 7.03. The fourth-order valence-electron chi connectivity index (χ4n) is 3.30. The molecule has 8 heteroatoms. The molecule has 0 unspecified atom stereocenters. The van der Waals surface area contributed by atoms with Gasteiger partial charge in [0, 0.05) is 6.42 Å². The summed E-state index contributed by atoms with van der Waals surface area (Å²) in [5.74, 6) is 0.0375. The highest BCUT2D eigenvalue weighted by Crippen LogP contribution is 2.18. The van der Waals surface area contributed by atoms with Crippen molar-refractivity contribution >= 4 is 17.8 Å². The first-order valence-corrected chi connectivity index (χ1v) is 9.71. The number of aliphatic hydroxyl groups is 1. The quantitative estimate of drug-likeness (QED) is 0.545. The number of nitrogens with zero attached hydrogens (tertiary/aromatic N) is 1.